The van der Waals surface area contributed by atoms with Crippen molar-refractivity contribution < 1.29 is 18.8 Å². The Hall–Kier alpha value is -0.830. The molecule has 1 aliphatic rings. The number of methoxy groups -OCH3 is 1. The predicted molar refractivity (Wildman–Crippen MR) is 85.1 cm³/mol. The van der Waals surface area contributed by atoms with Crippen molar-refractivity contribution in [1.29, 1.82) is 0 Å². The Bertz CT molecular complexity index is 511. The highest BCUT2D eigenvalue weighted by Crippen LogP contribution is 2.39. The molecule has 0 saturated carbocycles. The normalized spacial score (nSPS) is 26.6. The molecule has 1 aromatic carbocycles. The van der Waals surface area contributed by atoms with Crippen molar-refractivity contribution in [3.05, 3.63) is 29.8 Å². The first-order chi connectivity index (χ1) is 9.90. The smallest absolute Gasteiger partial charge is 0.130 e. The minimum absolute atomic E-state index is 0.0681. The highest BCUT2D eigenvalue weighted by molar-refractivity contribution is 7.62. The van der Waals surface area contributed by atoms with E-state index in [0.717, 1.165) is 17.7 Å². The zero-order valence-electron chi connectivity index (χ0n) is 13.2. The van der Waals surface area contributed by atoms with Gasteiger partial charge < -0.3 is 18.8 Å². The summed E-state index contributed by atoms with van der Waals surface area (Å²) in [6.45, 7) is 6.21. The van der Waals surface area contributed by atoms with E-state index in [1.165, 1.54) is 0 Å². The number of rotatable bonds is 5. The van der Waals surface area contributed by atoms with Crippen LogP contribution in [0.3, 0.4) is 0 Å². The molecule has 3 atom stereocenters. The molecule has 1 aliphatic heterocycles. The van der Waals surface area contributed by atoms with Crippen LogP contribution in [0.4, 0.5) is 0 Å². The quantitative estimate of drug-likeness (QED) is 0.783. The van der Waals surface area contributed by atoms with Crippen LogP contribution >= 0.6 is 7.14 Å². The van der Waals surface area contributed by atoms with Gasteiger partial charge in [0.2, 0.25) is 0 Å². The van der Waals surface area contributed by atoms with Gasteiger partial charge >= 0.3 is 0 Å². The highest BCUT2D eigenvalue weighted by Gasteiger charge is 2.38. The van der Waals surface area contributed by atoms with Gasteiger partial charge in [0, 0.05) is 19.7 Å². The van der Waals surface area contributed by atoms with E-state index in [1.807, 2.05) is 31.2 Å². The molecule has 2 rings (SSSR count). The zero-order valence-corrected chi connectivity index (χ0v) is 14.1. The Kier molecular flexibility index (Phi) is 5.48. The van der Waals surface area contributed by atoms with Crippen LogP contribution in [0.15, 0.2) is 24.3 Å². The van der Waals surface area contributed by atoms with Crippen molar-refractivity contribution in [2.45, 2.75) is 31.7 Å². The largest absolute Gasteiger partial charge is 0.487 e. The molecule has 0 spiro atoms. The van der Waals surface area contributed by atoms with Gasteiger partial charge in [-0.05, 0) is 31.9 Å². The Labute approximate surface area is 127 Å². The van der Waals surface area contributed by atoms with Gasteiger partial charge in [-0.3, -0.25) is 0 Å². The third-order valence-corrected chi connectivity index (χ3v) is 4.97. The number of benzene rings is 1. The summed E-state index contributed by atoms with van der Waals surface area (Å²) in [4.78, 5) is 0. The minimum atomic E-state index is -2.16. The molecule has 118 valence electrons. The summed E-state index contributed by atoms with van der Waals surface area (Å²) >= 11 is 0. The fraction of sp³-hybridized carbons (Fsp3) is 0.625. The minimum Gasteiger partial charge on any atom is -0.487 e. The summed E-state index contributed by atoms with van der Waals surface area (Å²) in [6.07, 6.45) is 0.881. The van der Waals surface area contributed by atoms with Crippen molar-refractivity contribution in [2.75, 3.05) is 33.2 Å². The van der Waals surface area contributed by atoms with Crippen LogP contribution in [-0.4, -0.2) is 51.5 Å². The topological polar surface area (TPSA) is 44.8 Å². The fourth-order valence-corrected chi connectivity index (χ4v) is 3.89. The first-order valence-electron chi connectivity index (χ1n) is 7.31. The van der Waals surface area contributed by atoms with Crippen LogP contribution in [-0.2, 0) is 14.0 Å². The Morgan fingerprint density at radius 1 is 1.33 bits per heavy atom. The molecule has 1 saturated heterocycles. The predicted octanol–water partition coefficient (Wildman–Crippen LogP) is 3.17. The van der Waals surface area contributed by atoms with Crippen LogP contribution < -0.4 is 4.74 Å². The molecule has 21 heavy (non-hydrogen) atoms. The number of para-hydroxylation sites is 1. The van der Waals surface area contributed by atoms with Crippen LogP contribution in [0.2, 0.25) is 0 Å². The lowest BCUT2D eigenvalue weighted by molar-refractivity contribution is -0.132. The van der Waals surface area contributed by atoms with E-state index in [0.29, 0.717) is 12.8 Å². The first-order valence-corrected chi connectivity index (χ1v) is 10.1. The second-order valence-electron chi connectivity index (χ2n) is 6.08. The monoisotopic (exact) mass is 312 g/mol. The molecular formula is C16H25O4P. The van der Waals surface area contributed by atoms with E-state index in [1.54, 1.807) is 20.4 Å². The lowest BCUT2D eigenvalue weighted by Gasteiger charge is -2.38. The third-order valence-electron chi connectivity index (χ3n) is 3.73. The molecule has 4 nitrogen and oxygen atoms in total. The van der Waals surface area contributed by atoms with Gasteiger partial charge in [-0.1, -0.05) is 18.2 Å². The van der Waals surface area contributed by atoms with E-state index in [-0.39, 0.29) is 18.3 Å². The van der Waals surface area contributed by atoms with E-state index < -0.39 is 7.14 Å². The average Bonchev–Trinajstić information content (AvgIpc) is 2.40. The van der Waals surface area contributed by atoms with Crippen LogP contribution in [0.25, 0.3) is 0 Å². The van der Waals surface area contributed by atoms with Gasteiger partial charge in [0.1, 0.15) is 18.0 Å². The van der Waals surface area contributed by atoms with Gasteiger partial charge in [-0.15, -0.1) is 0 Å². The summed E-state index contributed by atoms with van der Waals surface area (Å²) in [5.74, 6) is 0.876. The molecule has 2 unspecified atom stereocenters. The Morgan fingerprint density at radius 3 is 2.67 bits per heavy atom. The van der Waals surface area contributed by atoms with Crippen molar-refractivity contribution >= 4 is 7.14 Å². The van der Waals surface area contributed by atoms with Crippen LogP contribution in [0.5, 0.6) is 5.75 Å². The Balaban J connectivity index is 2.11. The second-order valence-corrected chi connectivity index (χ2v) is 9.59. The maximum atomic E-state index is 12.1. The van der Waals surface area contributed by atoms with Crippen molar-refractivity contribution in [3.8, 4) is 5.75 Å². The molecule has 0 radical (unpaired) electrons. The molecule has 0 aromatic heterocycles. The average molecular weight is 312 g/mol. The zero-order chi connectivity index (χ0) is 15.5. The number of hydrogen-bond acceptors (Lipinski definition) is 4. The van der Waals surface area contributed by atoms with Gasteiger partial charge in [-0.2, -0.15) is 0 Å². The molecule has 5 heteroatoms. The van der Waals surface area contributed by atoms with Gasteiger partial charge in [0.15, 0.2) is 0 Å². The highest BCUT2D eigenvalue weighted by atomic mass is 31.2. The van der Waals surface area contributed by atoms with E-state index in [4.69, 9.17) is 14.2 Å². The number of hydrogen-bond donors (Lipinski definition) is 0. The lowest BCUT2D eigenvalue weighted by Crippen LogP contribution is -2.50. The summed E-state index contributed by atoms with van der Waals surface area (Å²) in [5.41, 5.74) is 1.10. The van der Waals surface area contributed by atoms with Crippen molar-refractivity contribution in [2.24, 2.45) is 0 Å². The molecule has 1 heterocycles. The second kappa shape index (κ2) is 6.95. The van der Waals surface area contributed by atoms with Gasteiger partial charge in [-0.25, -0.2) is 0 Å². The molecule has 0 amide bonds. The SMILES string of the molecule is CO[C@@H]1C(CP(C)(C)=O)OCCC1Oc1ccccc1C. The molecule has 0 aliphatic carbocycles. The summed E-state index contributed by atoms with van der Waals surface area (Å²) < 4.78 is 29.6. The van der Waals surface area contributed by atoms with E-state index in [2.05, 4.69) is 0 Å². The molecule has 0 bridgehead atoms. The maximum Gasteiger partial charge on any atom is 0.130 e. The van der Waals surface area contributed by atoms with E-state index in [9.17, 15) is 4.57 Å². The molecule has 0 N–H and O–H groups in total. The Morgan fingerprint density at radius 2 is 2.05 bits per heavy atom. The molecule has 1 fully saturated rings. The van der Waals surface area contributed by atoms with E-state index >= 15 is 0 Å². The summed E-state index contributed by atoms with van der Waals surface area (Å²) in [7, 11) is -0.500. The van der Waals surface area contributed by atoms with Crippen molar-refractivity contribution in [3.63, 3.8) is 0 Å². The van der Waals surface area contributed by atoms with Crippen LogP contribution in [0, 0.1) is 6.92 Å². The maximum absolute atomic E-state index is 12.1. The van der Waals surface area contributed by atoms with Gasteiger partial charge in [0.05, 0.1) is 19.9 Å². The molecular weight excluding hydrogens is 287 g/mol. The number of ether oxygens (including phenoxy) is 3. The lowest BCUT2D eigenvalue weighted by atomic mass is 10.0. The standard InChI is InChI=1S/C16H25O4P/c1-12-7-5-6-8-13(12)20-14-9-10-19-15(16(14)18-2)11-21(3,4)17/h5-8,14-16H,9-11H2,1-4H3/t14?,15?,16-/m0/s1. The van der Waals surface area contributed by atoms with Gasteiger partial charge in [0.25, 0.3) is 0 Å². The third kappa shape index (κ3) is 4.57. The summed E-state index contributed by atoms with van der Waals surface area (Å²) in [6, 6.07) is 7.96. The molecule has 1 aromatic rings. The summed E-state index contributed by atoms with van der Waals surface area (Å²) in [5, 5.41) is 0. The van der Waals surface area contributed by atoms with Crippen molar-refractivity contribution in [1.82, 2.24) is 0 Å². The van der Waals surface area contributed by atoms with Crippen LogP contribution in [0.1, 0.15) is 12.0 Å². The first kappa shape index (κ1) is 16.5. The fourth-order valence-electron chi connectivity index (χ4n) is 2.71. The number of aryl methyl sites for hydroxylation is 1.